The van der Waals surface area contributed by atoms with E-state index in [1.165, 1.54) is 19.5 Å². The van der Waals surface area contributed by atoms with Crippen LogP contribution in [0, 0.1) is 5.92 Å². The highest BCUT2D eigenvalue weighted by atomic mass is 35.5. The van der Waals surface area contributed by atoms with Gasteiger partial charge in [0.1, 0.15) is 0 Å². The summed E-state index contributed by atoms with van der Waals surface area (Å²) in [6.45, 7) is 3.74. The lowest BCUT2D eigenvalue weighted by Crippen LogP contribution is -2.34. The second-order valence-corrected chi connectivity index (χ2v) is 2.97. The molecule has 2 aliphatic heterocycles. The van der Waals surface area contributed by atoms with Crippen LogP contribution in [0.25, 0.3) is 0 Å². The molecule has 0 amide bonds. The molecule has 62 valence electrons. The molecule has 0 aromatic heterocycles. The highest BCUT2D eigenvalue weighted by Gasteiger charge is 2.35. The third-order valence-corrected chi connectivity index (χ3v) is 2.38. The predicted octanol–water partition coefficient (Wildman–Crippen LogP) is 0.493. The molecule has 0 spiro atoms. The fourth-order valence-electron chi connectivity index (χ4n) is 1.83. The molecule has 0 aromatic carbocycles. The summed E-state index contributed by atoms with van der Waals surface area (Å²) in [7, 11) is 0. The monoisotopic (exact) mass is 184 g/mol. The van der Waals surface area contributed by atoms with Crippen molar-refractivity contribution in [3.05, 3.63) is 0 Å². The van der Waals surface area contributed by atoms with Gasteiger partial charge in [0.25, 0.3) is 0 Å². The average Bonchev–Trinajstić information content (AvgIpc) is 2.23. The number of hydrogen-bond donors (Lipinski definition) is 1. The molecule has 3 atom stereocenters. The number of hydrogen-bond acceptors (Lipinski definition) is 2. The summed E-state index contributed by atoms with van der Waals surface area (Å²) in [6, 6.07) is 0.503. The summed E-state index contributed by atoms with van der Waals surface area (Å²) in [5.74, 6) is 0.843. The first-order chi connectivity index (χ1) is 3.86. The first kappa shape index (κ1) is 10.5. The fourth-order valence-corrected chi connectivity index (χ4v) is 1.83. The zero-order valence-electron chi connectivity index (χ0n) is 5.82. The number of nitrogens with two attached hydrogens (primary N) is 1. The maximum absolute atomic E-state index is 5.78. The number of halogens is 2. The van der Waals surface area contributed by atoms with Gasteiger partial charge in [0.15, 0.2) is 0 Å². The SMILES string of the molecule is Cl.Cl.NC1CN2CCC1C2. The molecule has 2 nitrogen and oxygen atoms in total. The van der Waals surface area contributed by atoms with Crippen molar-refractivity contribution in [1.29, 1.82) is 0 Å². The van der Waals surface area contributed by atoms with Crippen molar-refractivity contribution in [2.45, 2.75) is 12.5 Å². The smallest absolute Gasteiger partial charge is 0.0209 e. The number of piperidine rings is 1. The summed E-state index contributed by atoms with van der Waals surface area (Å²) < 4.78 is 0. The Morgan fingerprint density at radius 1 is 1.20 bits per heavy atom. The predicted molar refractivity (Wildman–Crippen MR) is 47.0 cm³/mol. The van der Waals surface area contributed by atoms with Gasteiger partial charge in [-0.05, 0) is 18.9 Å². The maximum Gasteiger partial charge on any atom is 0.0209 e. The zero-order valence-corrected chi connectivity index (χ0v) is 7.46. The van der Waals surface area contributed by atoms with E-state index in [1.54, 1.807) is 0 Å². The molecule has 0 radical (unpaired) electrons. The number of fused-ring (bicyclic) bond motifs is 2. The Hall–Kier alpha value is 0.500. The van der Waals surface area contributed by atoms with Crippen LogP contribution < -0.4 is 5.73 Å². The van der Waals surface area contributed by atoms with Gasteiger partial charge in [-0.2, -0.15) is 0 Å². The van der Waals surface area contributed by atoms with Crippen LogP contribution in [-0.2, 0) is 0 Å². The summed E-state index contributed by atoms with van der Waals surface area (Å²) in [4.78, 5) is 2.45. The molecular weight excluding hydrogens is 171 g/mol. The minimum Gasteiger partial charge on any atom is -0.326 e. The van der Waals surface area contributed by atoms with Crippen molar-refractivity contribution in [1.82, 2.24) is 4.90 Å². The molecular formula is C6H14Cl2N2. The van der Waals surface area contributed by atoms with Crippen LogP contribution in [0.2, 0.25) is 0 Å². The second kappa shape index (κ2) is 3.77. The topological polar surface area (TPSA) is 29.3 Å². The van der Waals surface area contributed by atoms with E-state index in [4.69, 9.17) is 5.73 Å². The van der Waals surface area contributed by atoms with Gasteiger partial charge in [0, 0.05) is 19.1 Å². The van der Waals surface area contributed by atoms with Gasteiger partial charge in [-0.1, -0.05) is 0 Å². The van der Waals surface area contributed by atoms with Crippen molar-refractivity contribution in [3.8, 4) is 0 Å². The Bertz CT molecular complexity index is 108. The minimum absolute atomic E-state index is 0. The Morgan fingerprint density at radius 3 is 2.10 bits per heavy atom. The van der Waals surface area contributed by atoms with E-state index in [-0.39, 0.29) is 24.8 Å². The van der Waals surface area contributed by atoms with Crippen molar-refractivity contribution < 1.29 is 0 Å². The quantitative estimate of drug-likeness (QED) is 0.595. The second-order valence-electron chi connectivity index (χ2n) is 2.97. The molecule has 2 fully saturated rings. The van der Waals surface area contributed by atoms with Crippen LogP contribution in [0.15, 0.2) is 0 Å². The molecule has 2 bridgehead atoms. The van der Waals surface area contributed by atoms with E-state index in [1.807, 2.05) is 0 Å². The lowest BCUT2D eigenvalue weighted by Gasteiger charge is -2.16. The third-order valence-electron chi connectivity index (χ3n) is 2.38. The normalized spacial score (nSPS) is 42.3. The molecule has 2 rings (SSSR count). The molecule has 2 N–H and O–H groups in total. The zero-order chi connectivity index (χ0) is 5.56. The van der Waals surface area contributed by atoms with Gasteiger partial charge in [0.05, 0.1) is 0 Å². The number of rotatable bonds is 0. The average molecular weight is 185 g/mol. The largest absolute Gasteiger partial charge is 0.326 e. The van der Waals surface area contributed by atoms with Gasteiger partial charge < -0.3 is 10.6 Å². The van der Waals surface area contributed by atoms with Crippen LogP contribution in [0.3, 0.4) is 0 Å². The van der Waals surface area contributed by atoms with Gasteiger partial charge in [0.2, 0.25) is 0 Å². The standard InChI is InChI=1S/C6H12N2.2ClH/c7-6-4-8-2-1-5(6)3-8;;/h5-6H,1-4,7H2;2*1H. The minimum atomic E-state index is 0. The molecule has 2 saturated heterocycles. The first-order valence-electron chi connectivity index (χ1n) is 3.34. The molecule has 0 aliphatic carbocycles. The van der Waals surface area contributed by atoms with Crippen LogP contribution in [0.1, 0.15) is 6.42 Å². The van der Waals surface area contributed by atoms with E-state index in [9.17, 15) is 0 Å². The highest BCUT2D eigenvalue weighted by molar-refractivity contribution is 5.85. The van der Waals surface area contributed by atoms with Crippen LogP contribution in [0.4, 0.5) is 0 Å². The molecule has 10 heavy (non-hydrogen) atoms. The van der Waals surface area contributed by atoms with Crippen LogP contribution in [-0.4, -0.2) is 30.6 Å². The Balaban J connectivity index is 0.000000405. The fraction of sp³-hybridized carbons (Fsp3) is 1.00. The van der Waals surface area contributed by atoms with Crippen molar-refractivity contribution in [3.63, 3.8) is 0 Å². The maximum atomic E-state index is 5.78. The van der Waals surface area contributed by atoms with E-state index < -0.39 is 0 Å². The van der Waals surface area contributed by atoms with E-state index in [0.29, 0.717) is 6.04 Å². The van der Waals surface area contributed by atoms with Crippen LogP contribution in [0.5, 0.6) is 0 Å². The first-order valence-corrected chi connectivity index (χ1v) is 3.34. The summed E-state index contributed by atoms with van der Waals surface area (Å²) >= 11 is 0. The summed E-state index contributed by atoms with van der Waals surface area (Å²) in [6.07, 6.45) is 1.35. The highest BCUT2D eigenvalue weighted by Crippen LogP contribution is 2.25. The van der Waals surface area contributed by atoms with Crippen molar-refractivity contribution >= 4 is 24.8 Å². The van der Waals surface area contributed by atoms with Crippen molar-refractivity contribution in [2.75, 3.05) is 19.6 Å². The van der Waals surface area contributed by atoms with Crippen LogP contribution >= 0.6 is 24.8 Å². The van der Waals surface area contributed by atoms with E-state index >= 15 is 0 Å². The lowest BCUT2D eigenvalue weighted by atomic mass is 10.0. The van der Waals surface area contributed by atoms with E-state index in [2.05, 4.69) is 4.90 Å². The Kier molecular flexibility index (Phi) is 3.95. The van der Waals surface area contributed by atoms with Gasteiger partial charge in [-0.25, -0.2) is 0 Å². The molecule has 2 heterocycles. The molecule has 3 unspecified atom stereocenters. The Labute approximate surface area is 74.0 Å². The molecule has 4 heteroatoms. The van der Waals surface area contributed by atoms with E-state index in [0.717, 1.165) is 12.5 Å². The molecule has 2 aliphatic rings. The van der Waals surface area contributed by atoms with Gasteiger partial charge in [-0.15, -0.1) is 24.8 Å². The van der Waals surface area contributed by atoms with Gasteiger partial charge in [-0.3, -0.25) is 0 Å². The summed E-state index contributed by atoms with van der Waals surface area (Å²) in [5, 5.41) is 0. The summed E-state index contributed by atoms with van der Waals surface area (Å²) in [5.41, 5.74) is 5.78. The molecule has 0 aromatic rings. The van der Waals surface area contributed by atoms with Crippen molar-refractivity contribution in [2.24, 2.45) is 11.7 Å². The number of nitrogens with zero attached hydrogens (tertiary/aromatic N) is 1. The Morgan fingerprint density at radius 2 is 1.90 bits per heavy atom. The third kappa shape index (κ3) is 1.56. The van der Waals surface area contributed by atoms with Gasteiger partial charge >= 0.3 is 0 Å². The lowest BCUT2D eigenvalue weighted by molar-refractivity contribution is 0.346. The molecule has 0 saturated carbocycles.